The predicted molar refractivity (Wildman–Crippen MR) is 55.6 cm³/mol. The van der Waals surface area contributed by atoms with Gasteiger partial charge in [-0.2, -0.15) is 0 Å². The molecule has 0 aliphatic rings. The molecule has 0 unspecified atom stereocenters. The van der Waals surface area contributed by atoms with E-state index in [2.05, 4.69) is 5.32 Å². The maximum atomic E-state index is 11.5. The van der Waals surface area contributed by atoms with Gasteiger partial charge in [0.2, 0.25) is 0 Å². The van der Waals surface area contributed by atoms with E-state index < -0.39 is 0 Å². The fourth-order valence-electron chi connectivity index (χ4n) is 1.22. The number of nitrogens with one attached hydrogen (secondary N) is 1. The molecule has 1 rings (SSSR count). The van der Waals surface area contributed by atoms with E-state index in [-0.39, 0.29) is 11.5 Å². The van der Waals surface area contributed by atoms with Crippen molar-refractivity contribution in [1.29, 1.82) is 0 Å². The molecule has 0 atom stereocenters. The fraction of sp³-hybridized carbons (Fsp3) is 0.364. The van der Waals surface area contributed by atoms with Crippen LogP contribution in [0.4, 0.5) is 0 Å². The van der Waals surface area contributed by atoms with Gasteiger partial charge in [-0.15, -0.1) is 0 Å². The van der Waals surface area contributed by atoms with E-state index >= 15 is 0 Å². The third-order valence-corrected chi connectivity index (χ3v) is 1.98. The topological polar surface area (TPSA) is 49.3 Å². The normalized spacial score (nSPS) is 10.1. The van der Waals surface area contributed by atoms with Gasteiger partial charge in [0.05, 0.1) is 5.56 Å². The fourth-order valence-corrected chi connectivity index (χ4v) is 1.22. The first-order valence-corrected chi connectivity index (χ1v) is 4.77. The zero-order chi connectivity index (χ0) is 10.4. The van der Waals surface area contributed by atoms with Gasteiger partial charge in [-0.1, -0.05) is 19.1 Å². The number of benzene rings is 1. The Morgan fingerprint density at radius 3 is 2.79 bits per heavy atom. The van der Waals surface area contributed by atoms with Crippen molar-refractivity contribution in [1.82, 2.24) is 5.32 Å². The highest BCUT2D eigenvalue weighted by Crippen LogP contribution is 2.16. The number of phenols is 1. The quantitative estimate of drug-likeness (QED) is 0.551. The molecule has 1 aromatic rings. The van der Waals surface area contributed by atoms with Crippen LogP contribution in [-0.4, -0.2) is 24.0 Å². The van der Waals surface area contributed by atoms with Crippen LogP contribution in [0.5, 0.6) is 5.75 Å². The molecule has 2 N–H and O–H groups in total. The summed E-state index contributed by atoms with van der Waals surface area (Å²) in [6.07, 6.45) is 0.422. The largest absolute Gasteiger partial charge is 0.507 e. The number of carbonyl (C=O) groups is 1. The molecule has 0 fully saturated rings. The van der Waals surface area contributed by atoms with E-state index in [4.69, 9.17) is 0 Å². The highest BCUT2D eigenvalue weighted by Gasteiger charge is 2.08. The Bertz CT molecular complexity index is 310. The number of phenolic OH excluding ortho intramolecular Hbond substituents is 1. The van der Waals surface area contributed by atoms with Crippen LogP contribution in [0, 0.1) is 0 Å². The molecule has 0 aromatic heterocycles. The summed E-state index contributed by atoms with van der Waals surface area (Å²) in [6, 6.07) is 6.63. The van der Waals surface area contributed by atoms with Crippen molar-refractivity contribution in [3.8, 4) is 5.75 Å². The maximum Gasteiger partial charge on any atom is 0.167 e. The van der Waals surface area contributed by atoms with Crippen LogP contribution in [0.15, 0.2) is 24.3 Å². The molecular weight excluding hydrogens is 178 g/mol. The van der Waals surface area contributed by atoms with Gasteiger partial charge in [-0.25, -0.2) is 0 Å². The average molecular weight is 193 g/mol. The third-order valence-electron chi connectivity index (χ3n) is 1.98. The van der Waals surface area contributed by atoms with Crippen molar-refractivity contribution in [2.75, 3.05) is 13.1 Å². The zero-order valence-electron chi connectivity index (χ0n) is 8.29. The van der Waals surface area contributed by atoms with E-state index in [1.165, 1.54) is 6.07 Å². The van der Waals surface area contributed by atoms with Crippen LogP contribution >= 0.6 is 0 Å². The predicted octanol–water partition coefficient (Wildman–Crippen LogP) is 1.57. The summed E-state index contributed by atoms with van der Waals surface area (Å²) in [5.41, 5.74) is 0.408. The number of rotatable bonds is 5. The first kappa shape index (κ1) is 10.7. The minimum Gasteiger partial charge on any atom is -0.507 e. The Morgan fingerprint density at radius 1 is 1.43 bits per heavy atom. The maximum absolute atomic E-state index is 11.5. The number of ketones is 1. The van der Waals surface area contributed by atoms with Crippen LogP contribution in [0.3, 0.4) is 0 Å². The van der Waals surface area contributed by atoms with Crippen molar-refractivity contribution < 1.29 is 9.90 Å². The summed E-state index contributed by atoms with van der Waals surface area (Å²) in [5.74, 6) is 0.0399. The first-order chi connectivity index (χ1) is 6.75. The summed E-state index contributed by atoms with van der Waals surface area (Å²) >= 11 is 0. The van der Waals surface area contributed by atoms with Gasteiger partial charge in [-0.3, -0.25) is 4.79 Å². The molecule has 76 valence electrons. The molecule has 0 aliphatic carbocycles. The average Bonchev–Trinajstić information content (AvgIpc) is 2.18. The molecule has 3 nitrogen and oxygen atoms in total. The van der Waals surface area contributed by atoms with Crippen molar-refractivity contribution in [2.24, 2.45) is 0 Å². The Labute approximate surface area is 83.8 Å². The van der Waals surface area contributed by atoms with Gasteiger partial charge in [-0.05, 0) is 18.7 Å². The van der Waals surface area contributed by atoms with Gasteiger partial charge in [0.15, 0.2) is 5.78 Å². The van der Waals surface area contributed by atoms with E-state index in [9.17, 15) is 9.90 Å². The first-order valence-electron chi connectivity index (χ1n) is 4.77. The van der Waals surface area contributed by atoms with Gasteiger partial charge < -0.3 is 10.4 Å². The second-order valence-corrected chi connectivity index (χ2v) is 3.04. The number of hydrogen-bond acceptors (Lipinski definition) is 3. The van der Waals surface area contributed by atoms with Crippen LogP contribution < -0.4 is 5.32 Å². The third kappa shape index (κ3) is 2.85. The molecule has 3 heteroatoms. The Hall–Kier alpha value is -1.35. The summed E-state index contributed by atoms with van der Waals surface area (Å²) in [4.78, 5) is 11.5. The Morgan fingerprint density at radius 2 is 2.14 bits per heavy atom. The number of hydrogen-bond donors (Lipinski definition) is 2. The molecule has 0 saturated carbocycles. The van der Waals surface area contributed by atoms with Crippen molar-refractivity contribution >= 4 is 5.78 Å². The summed E-state index contributed by atoms with van der Waals surface area (Å²) < 4.78 is 0. The second kappa shape index (κ2) is 5.40. The minimum absolute atomic E-state index is 0.0240. The SMILES string of the molecule is CCNCCC(=O)c1ccccc1O. The van der Waals surface area contributed by atoms with Crippen LogP contribution in [0.2, 0.25) is 0 Å². The molecule has 0 heterocycles. The highest BCUT2D eigenvalue weighted by atomic mass is 16.3. The van der Waals surface area contributed by atoms with E-state index in [1.54, 1.807) is 18.2 Å². The Kier molecular flexibility index (Phi) is 4.13. The van der Waals surface area contributed by atoms with Gasteiger partial charge in [0.25, 0.3) is 0 Å². The van der Waals surface area contributed by atoms with Crippen molar-refractivity contribution in [3.05, 3.63) is 29.8 Å². The molecule has 0 amide bonds. The van der Waals surface area contributed by atoms with Crippen LogP contribution in [0.1, 0.15) is 23.7 Å². The number of aromatic hydroxyl groups is 1. The molecular formula is C11H15NO2. The lowest BCUT2D eigenvalue weighted by molar-refractivity contribution is 0.0980. The molecule has 0 spiro atoms. The highest BCUT2D eigenvalue weighted by molar-refractivity contribution is 5.98. The molecule has 0 saturated heterocycles. The standard InChI is InChI=1S/C11H15NO2/c1-2-12-8-7-11(14)9-5-3-4-6-10(9)13/h3-6,12-13H,2,7-8H2,1H3. The number of carbonyl (C=O) groups excluding carboxylic acids is 1. The van der Waals surface area contributed by atoms with Crippen LogP contribution in [-0.2, 0) is 0 Å². The lowest BCUT2D eigenvalue weighted by Gasteiger charge is -2.03. The lowest BCUT2D eigenvalue weighted by atomic mass is 10.1. The number of para-hydroxylation sites is 1. The Balaban J connectivity index is 2.56. The zero-order valence-corrected chi connectivity index (χ0v) is 8.29. The van der Waals surface area contributed by atoms with E-state index in [0.29, 0.717) is 18.5 Å². The van der Waals surface area contributed by atoms with E-state index in [1.807, 2.05) is 6.92 Å². The van der Waals surface area contributed by atoms with Gasteiger partial charge >= 0.3 is 0 Å². The molecule has 0 aliphatic heterocycles. The summed E-state index contributed by atoms with van der Waals surface area (Å²) in [7, 11) is 0. The van der Waals surface area contributed by atoms with Crippen molar-refractivity contribution in [3.63, 3.8) is 0 Å². The molecule has 0 radical (unpaired) electrons. The number of Topliss-reactive ketones (excluding diaryl/α,β-unsaturated/α-hetero) is 1. The smallest absolute Gasteiger partial charge is 0.167 e. The van der Waals surface area contributed by atoms with Crippen LogP contribution in [0.25, 0.3) is 0 Å². The summed E-state index contributed by atoms with van der Waals surface area (Å²) in [6.45, 7) is 3.50. The second-order valence-electron chi connectivity index (χ2n) is 3.04. The van der Waals surface area contributed by atoms with Gasteiger partial charge in [0.1, 0.15) is 5.75 Å². The lowest BCUT2D eigenvalue weighted by Crippen LogP contribution is -2.17. The van der Waals surface area contributed by atoms with E-state index in [0.717, 1.165) is 6.54 Å². The molecule has 14 heavy (non-hydrogen) atoms. The molecule has 1 aromatic carbocycles. The van der Waals surface area contributed by atoms with Gasteiger partial charge in [0, 0.05) is 13.0 Å². The monoisotopic (exact) mass is 193 g/mol. The molecule has 0 bridgehead atoms. The summed E-state index contributed by atoms with van der Waals surface area (Å²) in [5, 5.41) is 12.5. The minimum atomic E-state index is -0.0240. The van der Waals surface area contributed by atoms with Crippen molar-refractivity contribution in [2.45, 2.75) is 13.3 Å².